The maximum atomic E-state index is 9.05. The Bertz CT molecular complexity index is 384. The van der Waals surface area contributed by atoms with E-state index in [1.165, 1.54) is 6.42 Å². The van der Waals surface area contributed by atoms with Crippen molar-refractivity contribution in [2.24, 2.45) is 5.92 Å². The highest BCUT2D eigenvalue weighted by Crippen LogP contribution is 2.19. The Balaban J connectivity index is 2.58. The first-order chi connectivity index (χ1) is 8.19. The number of anilines is 1. The van der Waals surface area contributed by atoms with Crippen LogP contribution in [0.4, 0.5) is 5.69 Å². The molecule has 0 spiro atoms. The summed E-state index contributed by atoms with van der Waals surface area (Å²) in [6, 6.07) is 10.0. The highest BCUT2D eigenvalue weighted by molar-refractivity contribution is 9.09. The zero-order valence-corrected chi connectivity index (χ0v) is 12.1. The standard InChI is InChI=1S/C14H19BrN2/c1-12(7-9-15)8-10-17(2)14-6-4-3-5-13(14)11-16/h3-6,12H,7-10H2,1-2H3. The summed E-state index contributed by atoms with van der Waals surface area (Å²) in [7, 11) is 2.05. The molecule has 0 fully saturated rings. The van der Waals surface area contributed by atoms with Crippen LogP contribution in [-0.4, -0.2) is 18.9 Å². The number of para-hydroxylation sites is 1. The van der Waals surface area contributed by atoms with Crippen molar-refractivity contribution >= 4 is 21.6 Å². The molecular weight excluding hydrogens is 276 g/mol. The van der Waals surface area contributed by atoms with E-state index < -0.39 is 0 Å². The van der Waals surface area contributed by atoms with Crippen molar-refractivity contribution in [1.29, 1.82) is 5.26 Å². The topological polar surface area (TPSA) is 27.0 Å². The number of hydrogen-bond donors (Lipinski definition) is 0. The fraction of sp³-hybridized carbons (Fsp3) is 0.500. The van der Waals surface area contributed by atoms with E-state index in [0.717, 1.165) is 29.5 Å². The highest BCUT2D eigenvalue weighted by Gasteiger charge is 2.08. The van der Waals surface area contributed by atoms with Crippen LogP contribution in [0.5, 0.6) is 0 Å². The Morgan fingerprint density at radius 2 is 2.06 bits per heavy atom. The lowest BCUT2D eigenvalue weighted by atomic mass is 10.0. The van der Waals surface area contributed by atoms with Crippen molar-refractivity contribution in [2.75, 3.05) is 23.8 Å². The van der Waals surface area contributed by atoms with Crippen LogP contribution in [-0.2, 0) is 0 Å². The van der Waals surface area contributed by atoms with Gasteiger partial charge in [-0.25, -0.2) is 0 Å². The first kappa shape index (κ1) is 14.1. The van der Waals surface area contributed by atoms with Crippen LogP contribution in [0.25, 0.3) is 0 Å². The molecule has 1 rings (SSSR count). The third-order valence-corrected chi connectivity index (χ3v) is 3.45. The molecule has 0 aliphatic carbocycles. The Labute approximate surface area is 112 Å². The van der Waals surface area contributed by atoms with Gasteiger partial charge in [0.2, 0.25) is 0 Å². The van der Waals surface area contributed by atoms with Gasteiger partial charge in [0, 0.05) is 18.9 Å². The minimum absolute atomic E-state index is 0.714. The summed E-state index contributed by atoms with van der Waals surface area (Å²) in [6.45, 7) is 3.26. The third kappa shape index (κ3) is 4.40. The van der Waals surface area contributed by atoms with Crippen molar-refractivity contribution in [3.8, 4) is 6.07 Å². The number of hydrogen-bond acceptors (Lipinski definition) is 2. The first-order valence-corrected chi connectivity index (χ1v) is 7.07. The molecule has 0 aliphatic heterocycles. The fourth-order valence-electron chi connectivity index (χ4n) is 1.77. The lowest BCUT2D eigenvalue weighted by Crippen LogP contribution is -2.21. The third-order valence-electron chi connectivity index (χ3n) is 2.99. The van der Waals surface area contributed by atoms with E-state index in [-0.39, 0.29) is 0 Å². The summed E-state index contributed by atoms with van der Waals surface area (Å²) < 4.78 is 0. The maximum Gasteiger partial charge on any atom is 0.101 e. The van der Waals surface area contributed by atoms with Crippen LogP contribution in [0.15, 0.2) is 24.3 Å². The molecule has 0 radical (unpaired) electrons. The number of halogens is 1. The summed E-state index contributed by atoms with van der Waals surface area (Å²) in [6.07, 6.45) is 2.36. The van der Waals surface area contributed by atoms with E-state index in [1.807, 2.05) is 24.3 Å². The van der Waals surface area contributed by atoms with Gasteiger partial charge >= 0.3 is 0 Å². The van der Waals surface area contributed by atoms with Crippen LogP contribution < -0.4 is 4.90 Å². The monoisotopic (exact) mass is 294 g/mol. The van der Waals surface area contributed by atoms with E-state index in [4.69, 9.17) is 5.26 Å². The molecule has 0 bridgehead atoms. The van der Waals surface area contributed by atoms with Gasteiger partial charge in [-0.15, -0.1) is 0 Å². The summed E-state index contributed by atoms with van der Waals surface area (Å²) in [5.74, 6) is 0.714. The van der Waals surface area contributed by atoms with Crippen LogP contribution in [0.3, 0.4) is 0 Å². The molecule has 1 unspecified atom stereocenters. The molecule has 17 heavy (non-hydrogen) atoms. The van der Waals surface area contributed by atoms with Gasteiger partial charge in [0.25, 0.3) is 0 Å². The minimum atomic E-state index is 0.714. The number of nitrogens with zero attached hydrogens (tertiary/aromatic N) is 2. The summed E-state index contributed by atoms with van der Waals surface area (Å²) in [5, 5.41) is 10.1. The van der Waals surface area contributed by atoms with E-state index >= 15 is 0 Å². The minimum Gasteiger partial charge on any atom is -0.374 e. The number of nitriles is 1. The highest BCUT2D eigenvalue weighted by atomic mass is 79.9. The lowest BCUT2D eigenvalue weighted by molar-refractivity contribution is 0.523. The van der Waals surface area contributed by atoms with Crippen LogP contribution in [0.1, 0.15) is 25.3 Å². The lowest BCUT2D eigenvalue weighted by Gasteiger charge is -2.22. The molecule has 0 N–H and O–H groups in total. The van der Waals surface area contributed by atoms with Gasteiger partial charge in [0.1, 0.15) is 6.07 Å². The van der Waals surface area contributed by atoms with Gasteiger partial charge in [-0.1, -0.05) is 35.0 Å². The van der Waals surface area contributed by atoms with Gasteiger partial charge < -0.3 is 4.90 Å². The molecular formula is C14H19BrN2. The molecule has 92 valence electrons. The molecule has 2 nitrogen and oxygen atoms in total. The smallest absolute Gasteiger partial charge is 0.101 e. The van der Waals surface area contributed by atoms with Crippen molar-refractivity contribution in [1.82, 2.24) is 0 Å². The van der Waals surface area contributed by atoms with Gasteiger partial charge in [0.15, 0.2) is 0 Å². The second kappa shape index (κ2) is 7.34. The van der Waals surface area contributed by atoms with Gasteiger partial charge in [-0.3, -0.25) is 0 Å². The number of benzene rings is 1. The molecule has 3 heteroatoms. The Kier molecular flexibility index (Phi) is 6.07. The van der Waals surface area contributed by atoms with E-state index in [2.05, 4.69) is 40.9 Å². The maximum absolute atomic E-state index is 9.05. The van der Waals surface area contributed by atoms with E-state index in [9.17, 15) is 0 Å². The molecule has 1 aromatic rings. The summed E-state index contributed by atoms with van der Waals surface area (Å²) in [5.41, 5.74) is 1.78. The molecule has 0 aromatic heterocycles. The predicted octanol–water partition coefficient (Wildman–Crippen LogP) is 3.81. The molecule has 1 aromatic carbocycles. The molecule has 0 saturated carbocycles. The number of rotatable bonds is 6. The van der Waals surface area contributed by atoms with Crippen molar-refractivity contribution in [3.05, 3.63) is 29.8 Å². The Morgan fingerprint density at radius 3 is 2.71 bits per heavy atom. The molecule has 0 amide bonds. The van der Waals surface area contributed by atoms with Crippen molar-refractivity contribution < 1.29 is 0 Å². The molecule has 1 atom stereocenters. The zero-order chi connectivity index (χ0) is 12.7. The molecule has 0 heterocycles. The van der Waals surface area contributed by atoms with Gasteiger partial charge in [-0.2, -0.15) is 5.26 Å². The van der Waals surface area contributed by atoms with E-state index in [1.54, 1.807) is 0 Å². The van der Waals surface area contributed by atoms with Crippen LogP contribution >= 0.6 is 15.9 Å². The fourth-order valence-corrected chi connectivity index (χ4v) is 2.55. The van der Waals surface area contributed by atoms with Crippen molar-refractivity contribution in [2.45, 2.75) is 19.8 Å². The average molecular weight is 295 g/mol. The number of alkyl halides is 1. The van der Waals surface area contributed by atoms with Gasteiger partial charge in [-0.05, 0) is 30.9 Å². The second-order valence-corrected chi connectivity index (χ2v) is 5.22. The molecule has 0 aliphatic rings. The largest absolute Gasteiger partial charge is 0.374 e. The quantitative estimate of drug-likeness (QED) is 0.746. The second-order valence-electron chi connectivity index (χ2n) is 4.42. The summed E-state index contributed by atoms with van der Waals surface area (Å²) in [4.78, 5) is 2.17. The SMILES string of the molecule is CC(CCBr)CCN(C)c1ccccc1C#N. The van der Waals surface area contributed by atoms with Gasteiger partial charge in [0.05, 0.1) is 11.3 Å². The van der Waals surface area contributed by atoms with Crippen LogP contribution in [0, 0.1) is 17.2 Å². The summed E-state index contributed by atoms with van der Waals surface area (Å²) >= 11 is 3.47. The predicted molar refractivity (Wildman–Crippen MR) is 76.6 cm³/mol. The molecule has 0 saturated heterocycles. The van der Waals surface area contributed by atoms with Crippen molar-refractivity contribution in [3.63, 3.8) is 0 Å². The Hall–Kier alpha value is -1.01. The normalized spacial score (nSPS) is 11.9. The Morgan fingerprint density at radius 1 is 1.35 bits per heavy atom. The van der Waals surface area contributed by atoms with E-state index in [0.29, 0.717) is 5.92 Å². The zero-order valence-electron chi connectivity index (χ0n) is 10.5. The first-order valence-electron chi connectivity index (χ1n) is 5.95. The average Bonchev–Trinajstić information content (AvgIpc) is 2.36. The van der Waals surface area contributed by atoms with Crippen LogP contribution in [0.2, 0.25) is 0 Å².